The summed E-state index contributed by atoms with van der Waals surface area (Å²) < 4.78 is 11.9. The summed E-state index contributed by atoms with van der Waals surface area (Å²) in [4.78, 5) is 0. The van der Waals surface area contributed by atoms with Gasteiger partial charge in [-0.2, -0.15) is 0 Å². The molecule has 6 heteroatoms. The smallest absolute Gasteiger partial charge is 0.186 e. The fraction of sp³-hybridized carbons (Fsp3) is 0.943. The summed E-state index contributed by atoms with van der Waals surface area (Å²) >= 11 is 0. The molecule has 0 aromatic carbocycles. The van der Waals surface area contributed by atoms with E-state index in [4.69, 9.17) is 9.47 Å². The maximum absolute atomic E-state index is 10.5. The van der Waals surface area contributed by atoms with Crippen LogP contribution in [0.1, 0.15) is 112 Å². The highest BCUT2D eigenvalue weighted by Gasteiger charge is 2.58. The monoisotopic (exact) mass is 576 g/mol. The normalized spacial score (nSPS) is 47.7. The highest BCUT2D eigenvalue weighted by Crippen LogP contribution is 2.67. The summed E-state index contributed by atoms with van der Waals surface area (Å²) in [5, 5.41) is 40.4. The van der Waals surface area contributed by atoms with Gasteiger partial charge in [-0.05, 0) is 110 Å². The summed E-state index contributed by atoms with van der Waals surface area (Å²) in [7, 11) is 0. The lowest BCUT2D eigenvalue weighted by atomic mass is 9.47. The van der Waals surface area contributed by atoms with Gasteiger partial charge in [0.1, 0.15) is 24.4 Å². The zero-order valence-electron chi connectivity index (χ0n) is 26.7. The number of hydrogen-bond acceptors (Lipinski definition) is 6. The second-order valence-electron chi connectivity index (χ2n) is 15.7. The first-order chi connectivity index (χ1) is 19.4. The summed E-state index contributed by atoms with van der Waals surface area (Å²) in [6.07, 6.45) is 10.0. The first-order valence-corrected chi connectivity index (χ1v) is 17.1. The molecule has 0 aromatic heterocycles. The zero-order valence-corrected chi connectivity index (χ0v) is 26.7. The van der Waals surface area contributed by atoms with Crippen molar-refractivity contribution in [2.75, 3.05) is 6.61 Å². The van der Waals surface area contributed by atoms with Crippen molar-refractivity contribution in [3.05, 3.63) is 11.6 Å². The molecular weight excluding hydrogens is 516 g/mol. The second kappa shape index (κ2) is 12.5. The van der Waals surface area contributed by atoms with Crippen LogP contribution in [0.25, 0.3) is 0 Å². The average molecular weight is 577 g/mol. The van der Waals surface area contributed by atoms with Crippen molar-refractivity contribution >= 4 is 0 Å². The van der Waals surface area contributed by atoms with E-state index in [2.05, 4.69) is 47.6 Å². The van der Waals surface area contributed by atoms with Crippen molar-refractivity contribution in [2.45, 2.75) is 149 Å². The Morgan fingerprint density at radius 1 is 0.927 bits per heavy atom. The fourth-order valence-electron chi connectivity index (χ4n) is 10.6. The molecule has 14 atom stereocenters. The molecule has 41 heavy (non-hydrogen) atoms. The van der Waals surface area contributed by atoms with E-state index < -0.39 is 37.3 Å². The Bertz CT molecular complexity index is 918. The van der Waals surface area contributed by atoms with Gasteiger partial charge in [0.05, 0.1) is 12.7 Å². The topological polar surface area (TPSA) is 99.4 Å². The van der Waals surface area contributed by atoms with Crippen LogP contribution in [-0.4, -0.2) is 63.8 Å². The second-order valence-corrected chi connectivity index (χ2v) is 15.7. The van der Waals surface area contributed by atoms with Gasteiger partial charge in [-0.3, -0.25) is 0 Å². The molecule has 1 aliphatic heterocycles. The average Bonchev–Trinajstić information content (AvgIpc) is 3.30. The number of aliphatic hydroxyl groups excluding tert-OH is 4. The van der Waals surface area contributed by atoms with Crippen LogP contribution < -0.4 is 0 Å². The Balaban J connectivity index is 1.24. The lowest BCUT2D eigenvalue weighted by Gasteiger charge is -2.58. The SMILES string of the molecule is CCC(CCC(C)[C@H]1CCC2C3=CCC4C[C@@H](O[C@@H]5O[C@H](CO)[C@@H](O)[C@H](O)[C@H]5O)CC[C@]4(C)C3CC[C@@]21C)C(C)C. The largest absolute Gasteiger partial charge is 0.394 e. The van der Waals surface area contributed by atoms with E-state index in [1.807, 2.05) is 0 Å². The lowest BCUT2D eigenvalue weighted by molar-refractivity contribution is -0.315. The van der Waals surface area contributed by atoms with Crippen molar-refractivity contribution in [3.63, 3.8) is 0 Å². The Hall–Kier alpha value is -0.500. The zero-order chi connectivity index (χ0) is 29.7. The van der Waals surface area contributed by atoms with E-state index in [1.54, 1.807) is 5.57 Å². The number of fused-ring (bicyclic) bond motifs is 5. The van der Waals surface area contributed by atoms with Gasteiger partial charge in [0.15, 0.2) is 6.29 Å². The predicted molar refractivity (Wildman–Crippen MR) is 161 cm³/mol. The summed E-state index contributed by atoms with van der Waals surface area (Å²) in [5.41, 5.74) is 2.50. The van der Waals surface area contributed by atoms with E-state index in [-0.39, 0.29) is 11.5 Å². The molecule has 6 nitrogen and oxygen atoms in total. The standard InChI is InChI=1S/C35H60O6/c1-7-22(20(2)3)9-8-21(4)26-12-13-27-25-11-10-23-18-24(14-16-34(23,5)28(25)15-17-35(26,27)6)40-33-32(39)31(38)30(37)29(19-36)41-33/h11,20-24,26-33,36-39H,7-10,12-19H2,1-6H3/t21?,22?,23?,24-,26+,27?,28?,29+,30+,31-,32+,33+,34-,35+/m0/s1. The van der Waals surface area contributed by atoms with Crippen molar-refractivity contribution < 1.29 is 29.9 Å². The van der Waals surface area contributed by atoms with Gasteiger partial charge in [0.2, 0.25) is 0 Å². The molecule has 0 bridgehead atoms. The minimum atomic E-state index is -1.39. The summed E-state index contributed by atoms with van der Waals surface area (Å²) in [6, 6.07) is 0. The van der Waals surface area contributed by atoms with Crippen molar-refractivity contribution in [3.8, 4) is 0 Å². The van der Waals surface area contributed by atoms with Crippen molar-refractivity contribution in [1.29, 1.82) is 0 Å². The molecule has 0 radical (unpaired) electrons. The third-order valence-corrected chi connectivity index (χ3v) is 13.4. The van der Waals surface area contributed by atoms with Gasteiger partial charge < -0.3 is 29.9 Å². The number of aliphatic hydroxyl groups is 4. The molecule has 236 valence electrons. The van der Waals surface area contributed by atoms with Crippen LogP contribution in [0.15, 0.2) is 11.6 Å². The molecular formula is C35H60O6. The molecule has 0 spiro atoms. The molecule has 0 amide bonds. The van der Waals surface area contributed by atoms with Crippen LogP contribution in [0.3, 0.4) is 0 Å². The van der Waals surface area contributed by atoms with Gasteiger partial charge >= 0.3 is 0 Å². The highest BCUT2D eigenvalue weighted by atomic mass is 16.7. The Morgan fingerprint density at radius 3 is 2.32 bits per heavy atom. The van der Waals surface area contributed by atoms with Crippen LogP contribution in [-0.2, 0) is 9.47 Å². The third kappa shape index (κ3) is 5.73. The van der Waals surface area contributed by atoms with Crippen molar-refractivity contribution in [1.82, 2.24) is 0 Å². The van der Waals surface area contributed by atoms with E-state index in [0.29, 0.717) is 17.3 Å². The van der Waals surface area contributed by atoms with Gasteiger partial charge in [-0.1, -0.05) is 66.0 Å². The van der Waals surface area contributed by atoms with E-state index in [9.17, 15) is 20.4 Å². The minimum absolute atomic E-state index is 0.0622. The van der Waals surface area contributed by atoms with Crippen LogP contribution in [0.5, 0.6) is 0 Å². The molecule has 5 rings (SSSR count). The first kappa shape index (κ1) is 31.9. The fourth-order valence-corrected chi connectivity index (χ4v) is 10.6. The van der Waals surface area contributed by atoms with E-state index in [1.165, 1.54) is 44.9 Å². The molecule has 5 aliphatic rings. The Kier molecular flexibility index (Phi) is 9.71. The molecule has 4 fully saturated rings. The van der Waals surface area contributed by atoms with Crippen LogP contribution in [0.4, 0.5) is 0 Å². The number of allylic oxidation sites excluding steroid dienone is 2. The molecule has 5 unspecified atom stereocenters. The molecule has 4 aliphatic carbocycles. The van der Waals surface area contributed by atoms with E-state index in [0.717, 1.165) is 55.3 Å². The maximum Gasteiger partial charge on any atom is 0.186 e. The number of ether oxygens (including phenoxy) is 2. The summed E-state index contributed by atoms with van der Waals surface area (Å²) in [6.45, 7) is 14.5. The van der Waals surface area contributed by atoms with Crippen LogP contribution in [0.2, 0.25) is 0 Å². The van der Waals surface area contributed by atoms with Gasteiger partial charge in [0, 0.05) is 0 Å². The van der Waals surface area contributed by atoms with Crippen molar-refractivity contribution in [2.24, 2.45) is 52.3 Å². The van der Waals surface area contributed by atoms with Gasteiger partial charge in [0.25, 0.3) is 0 Å². The van der Waals surface area contributed by atoms with Gasteiger partial charge in [-0.15, -0.1) is 0 Å². The Morgan fingerprint density at radius 2 is 1.63 bits per heavy atom. The first-order valence-electron chi connectivity index (χ1n) is 17.1. The molecule has 1 saturated heterocycles. The minimum Gasteiger partial charge on any atom is -0.394 e. The number of rotatable bonds is 9. The molecule has 4 N–H and O–H groups in total. The van der Waals surface area contributed by atoms with Crippen LogP contribution >= 0.6 is 0 Å². The molecule has 3 saturated carbocycles. The van der Waals surface area contributed by atoms with Gasteiger partial charge in [-0.25, -0.2) is 0 Å². The highest BCUT2D eigenvalue weighted by molar-refractivity contribution is 5.27. The molecule has 1 heterocycles. The van der Waals surface area contributed by atoms with Crippen LogP contribution in [0, 0.1) is 52.3 Å². The quantitative estimate of drug-likeness (QED) is 0.257. The molecule has 0 aromatic rings. The van der Waals surface area contributed by atoms with E-state index >= 15 is 0 Å². The third-order valence-electron chi connectivity index (χ3n) is 13.4. The Labute approximate surface area is 249 Å². The lowest BCUT2D eigenvalue weighted by Crippen LogP contribution is -2.60. The maximum atomic E-state index is 10.5. The number of hydrogen-bond donors (Lipinski definition) is 4. The summed E-state index contributed by atoms with van der Waals surface area (Å²) in [5.74, 6) is 5.21. The predicted octanol–water partition coefficient (Wildman–Crippen LogP) is 5.85.